The van der Waals surface area contributed by atoms with Crippen LogP contribution in [0.3, 0.4) is 0 Å². The molecule has 3 rings (SSSR count). The molecule has 0 saturated heterocycles. The van der Waals surface area contributed by atoms with Crippen molar-refractivity contribution in [3.05, 3.63) is 29.6 Å². The van der Waals surface area contributed by atoms with Crippen LogP contribution in [-0.4, -0.2) is 16.5 Å². The van der Waals surface area contributed by atoms with Crippen molar-refractivity contribution < 1.29 is 8.78 Å². The lowest BCUT2D eigenvalue weighted by Crippen LogP contribution is -2.42. The number of nitrogens with one attached hydrogen (secondary N) is 1. The summed E-state index contributed by atoms with van der Waals surface area (Å²) in [5.41, 5.74) is 6.64. The van der Waals surface area contributed by atoms with Crippen molar-refractivity contribution in [3.63, 3.8) is 0 Å². The number of imidazole rings is 1. The lowest BCUT2D eigenvalue weighted by Gasteiger charge is -2.38. The van der Waals surface area contributed by atoms with Crippen molar-refractivity contribution >= 4 is 11.0 Å². The van der Waals surface area contributed by atoms with Crippen LogP contribution in [0.1, 0.15) is 25.1 Å². The number of hydrogen-bond donors (Lipinski definition) is 2. The monoisotopic (exact) mass is 237 g/mol. The summed E-state index contributed by atoms with van der Waals surface area (Å²) in [6.45, 7) is 0.512. The van der Waals surface area contributed by atoms with Crippen LogP contribution in [0, 0.1) is 11.6 Å². The molecule has 0 aliphatic heterocycles. The van der Waals surface area contributed by atoms with E-state index in [1.807, 2.05) is 0 Å². The van der Waals surface area contributed by atoms with Gasteiger partial charge < -0.3 is 10.7 Å². The van der Waals surface area contributed by atoms with Gasteiger partial charge in [-0.1, -0.05) is 6.42 Å². The Bertz CT molecular complexity index is 528. The molecule has 1 aliphatic carbocycles. The van der Waals surface area contributed by atoms with E-state index in [1.165, 1.54) is 0 Å². The van der Waals surface area contributed by atoms with Gasteiger partial charge in [-0.05, 0) is 12.8 Å². The zero-order chi connectivity index (χ0) is 12.0. The third-order valence-electron chi connectivity index (χ3n) is 3.73. The van der Waals surface area contributed by atoms with Gasteiger partial charge in [-0.2, -0.15) is 0 Å². The van der Waals surface area contributed by atoms with Crippen LogP contribution in [0.25, 0.3) is 11.0 Å². The quantitative estimate of drug-likeness (QED) is 0.841. The number of halogens is 2. The minimum Gasteiger partial charge on any atom is -0.341 e. The van der Waals surface area contributed by atoms with Crippen LogP contribution >= 0.6 is 0 Å². The zero-order valence-corrected chi connectivity index (χ0v) is 9.26. The van der Waals surface area contributed by atoms with E-state index >= 15 is 0 Å². The molecule has 1 fully saturated rings. The van der Waals surface area contributed by atoms with Crippen molar-refractivity contribution in [2.45, 2.75) is 24.7 Å². The third-order valence-corrected chi connectivity index (χ3v) is 3.73. The Morgan fingerprint density at radius 3 is 2.59 bits per heavy atom. The maximum absolute atomic E-state index is 13.1. The highest BCUT2D eigenvalue weighted by molar-refractivity contribution is 5.75. The predicted molar refractivity (Wildman–Crippen MR) is 60.6 cm³/mol. The second-order valence-electron chi connectivity index (χ2n) is 4.71. The highest BCUT2D eigenvalue weighted by Crippen LogP contribution is 2.41. The van der Waals surface area contributed by atoms with Crippen LogP contribution < -0.4 is 5.73 Å². The summed E-state index contributed by atoms with van der Waals surface area (Å²) in [5, 5.41) is 0. The van der Waals surface area contributed by atoms with Crippen molar-refractivity contribution in [2.24, 2.45) is 5.73 Å². The molecule has 90 valence electrons. The standard InChI is InChI=1S/C12H13F2N3/c13-7-4-9-10(5-8(7)14)17-11(16-9)12(6-15)2-1-3-12/h4-5H,1-3,6,15H2,(H,16,17). The SMILES string of the molecule is NCC1(c2nc3cc(F)c(F)cc3[nH]2)CCC1. The van der Waals surface area contributed by atoms with Crippen molar-refractivity contribution in [2.75, 3.05) is 6.54 Å². The summed E-state index contributed by atoms with van der Waals surface area (Å²) in [7, 11) is 0. The van der Waals surface area contributed by atoms with E-state index in [1.54, 1.807) is 0 Å². The Kier molecular flexibility index (Phi) is 2.19. The van der Waals surface area contributed by atoms with E-state index < -0.39 is 11.6 Å². The molecule has 3 N–H and O–H groups in total. The minimum atomic E-state index is -0.869. The molecular weight excluding hydrogens is 224 g/mol. The average molecular weight is 237 g/mol. The maximum atomic E-state index is 13.1. The van der Waals surface area contributed by atoms with E-state index in [0.29, 0.717) is 17.6 Å². The lowest BCUT2D eigenvalue weighted by molar-refractivity contribution is 0.240. The number of H-pyrrole nitrogens is 1. The van der Waals surface area contributed by atoms with Gasteiger partial charge >= 0.3 is 0 Å². The maximum Gasteiger partial charge on any atom is 0.161 e. The first-order chi connectivity index (χ1) is 8.14. The molecular formula is C12H13F2N3. The summed E-state index contributed by atoms with van der Waals surface area (Å²) < 4.78 is 26.2. The van der Waals surface area contributed by atoms with Crippen molar-refractivity contribution in [1.82, 2.24) is 9.97 Å². The summed E-state index contributed by atoms with van der Waals surface area (Å²) in [4.78, 5) is 7.40. The first-order valence-corrected chi connectivity index (χ1v) is 5.70. The number of nitrogens with two attached hydrogens (primary N) is 1. The van der Waals surface area contributed by atoms with Crippen LogP contribution in [0.4, 0.5) is 8.78 Å². The second-order valence-corrected chi connectivity index (χ2v) is 4.71. The summed E-state index contributed by atoms with van der Waals surface area (Å²) in [6, 6.07) is 2.26. The van der Waals surface area contributed by atoms with Crippen molar-refractivity contribution in [1.29, 1.82) is 0 Å². The first kappa shape index (κ1) is 10.7. The Balaban J connectivity index is 2.13. The van der Waals surface area contributed by atoms with Gasteiger partial charge in [-0.15, -0.1) is 0 Å². The van der Waals surface area contributed by atoms with Gasteiger partial charge in [0.05, 0.1) is 11.0 Å². The molecule has 2 aromatic rings. The van der Waals surface area contributed by atoms with E-state index in [-0.39, 0.29) is 5.41 Å². The van der Waals surface area contributed by atoms with Crippen LogP contribution in [0.5, 0.6) is 0 Å². The molecule has 0 spiro atoms. The van der Waals surface area contributed by atoms with Crippen LogP contribution in [0.15, 0.2) is 12.1 Å². The Labute approximate surface area is 97.0 Å². The Hall–Kier alpha value is -1.49. The first-order valence-electron chi connectivity index (χ1n) is 5.70. The largest absolute Gasteiger partial charge is 0.341 e. The lowest BCUT2D eigenvalue weighted by atomic mass is 9.68. The number of nitrogens with zero attached hydrogens (tertiary/aromatic N) is 1. The van der Waals surface area contributed by atoms with Crippen LogP contribution in [-0.2, 0) is 5.41 Å². The average Bonchev–Trinajstić information content (AvgIpc) is 2.61. The molecule has 0 amide bonds. The van der Waals surface area contributed by atoms with E-state index in [9.17, 15) is 8.78 Å². The van der Waals surface area contributed by atoms with Gasteiger partial charge in [0.15, 0.2) is 11.6 Å². The molecule has 1 saturated carbocycles. The fourth-order valence-electron chi connectivity index (χ4n) is 2.40. The molecule has 0 unspecified atom stereocenters. The smallest absolute Gasteiger partial charge is 0.161 e. The number of benzene rings is 1. The molecule has 17 heavy (non-hydrogen) atoms. The third kappa shape index (κ3) is 1.45. The van der Waals surface area contributed by atoms with E-state index in [0.717, 1.165) is 37.2 Å². The van der Waals surface area contributed by atoms with Gasteiger partial charge in [0.1, 0.15) is 5.82 Å². The van der Waals surface area contributed by atoms with Gasteiger partial charge in [0, 0.05) is 24.1 Å². The molecule has 1 aromatic carbocycles. The van der Waals surface area contributed by atoms with Crippen molar-refractivity contribution in [3.8, 4) is 0 Å². The predicted octanol–water partition coefficient (Wildman–Crippen LogP) is 2.22. The highest BCUT2D eigenvalue weighted by Gasteiger charge is 2.40. The molecule has 0 atom stereocenters. The summed E-state index contributed by atoms with van der Waals surface area (Å²) >= 11 is 0. The molecule has 5 heteroatoms. The van der Waals surface area contributed by atoms with Gasteiger partial charge in [0.25, 0.3) is 0 Å². The van der Waals surface area contributed by atoms with Gasteiger partial charge in [0.2, 0.25) is 0 Å². The van der Waals surface area contributed by atoms with E-state index in [2.05, 4.69) is 9.97 Å². The number of hydrogen-bond acceptors (Lipinski definition) is 2. The van der Waals surface area contributed by atoms with E-state index in [4.69, 9.17) is 5.73 Å². The normalized spacial score (nSPS) is 18.3. The summed E-state index contributed by atoms with van der Waals surface area (Å²) in [5.74, 6) is -0.972. The topological polar surface area (TPSA) is 54.7 Å². The number of aromatic nitrogens is 2. The Morgan fingerprint density at radius 1 is 1.29 bits per heavy atom. The molecule has 1 aromatic heterocycles. The number of fused-ring (bicyclic) bond motifs is 1. The number of rotatable bonds is 2. The molecule has 1 heterocycles. The molecule has 3 nitrogen and oxygen atoms in total. The van der Waals surface area contributed by atoms with Crippen LogP contribution in [0.2, 0.25) is 0 Å². The van der Waals surface area contributed by atoms with Gasteiger partial charge in [-0.3, -0.25) is 0 Å². The van der Waals surface area contributed by atoms with Gasteiger partial charge in [-0.25, -0.2) is 13.8 Å². The highest BCUT2D eigenvalue weighted by atomic mass is 19.2. The summed E-state index contributed by atoms with van der Waals surface area (Å²) in [6.07, 6.45) is 3.08. The molecule has 0 radical (unpaired) electrons. The Morgan fingerprint density at radius 2 is 2.00 bits per heavy atom. The molecule has 0 bridgehead atoms. The zero-order valence-electron chi connectivity index (χ0n) is 9.26. The fraction of sp³-hybridized carbons (Fsp3) is 0.417. The minimum absolute atomic E-state index is 0.119. The number of aromatic amines is 1. The molecule has 1 aliphatic rings. The fourth-order valence-corrected chi connectivity index (χ4v) is 2.40. The second kappa shape index (κ2) is 3.50.